The molecule has 31 heavy (non-hydrogen) atoms. The summed E-state index contributed by atoms with van der Waals surface area (Å²) in [5, 5.41) is 15.5. The summed E-state index contributed by atoms with van der Waals surface area (Å²) < 4.78 is 32.7. The van der Waals surface area contributed by atoms with Gasteiger partial charge < -0.3 is 4.74 Å². The van der Waals surface area contributed by atoms with Gasteiger partial charge in [0, 0.05) is 11.8 Å². The molecule has 9 nitrogen and oxygen atoms in total. The normalized spacial score (nSPS) is 11.3. The average Bonchev–Trinajstić information content (AvgIpc) is 2.74. The lowest BCUT2D eigenvalue weighted by Gasteiger charge is -2.10. The Balaban J connectivity index is 1.82. The molecule has 160 valence electrons. The minimum Gasteiger partial charge on any atom is -0.497 e. The van der Waals surface area contributed by atoms with E-state index in [9.17, 15) is 18.5 Å². The first-order valence-electron chi connectivity index (χ1n) is 9.09. The standard InChI is InChI=1S/C21H20N4O5S/c1-15-4-3-5-16(12-15)14-22-23-20-11-10-19(13-21(20)25(26)27)31(28,29)24-17-6-8-18(30-2)9-7-17/h3-14,23-24H,1-2H3. The fraction of sp³-hybridized carbons (Fsp3) is 0.0952. The Hall–Kier alpha value is -3.92. The van der Waals surface area contributed by atoms with Crippen LogP contribution in [0.1, 0.15) is 11.1 Å². The number of nitrogens with zero attached hydrogens (tertiary/aromatic N) is 2. The number of hydrogen-bond acceptors (Lipinski definition) is 7. The quantitative estimate of drug-likeness (QED) is 0.308. The van der Waals surface area contributed by atoms with Crippen LogP contribution >= 0.6 is 0 Å². The number of aryl methyl sites for hydroxylation is 1. The lowest BCUT2D eigenvalue weighted by molar-refractivity contribution is -0.384. The first kappa shape index (κ1) is 21.8. The summed E-state index contributed by atoms with van der Waals surface area (Å²) in [5.74, 6) is 0.570. The second-order valence-electron chi connectivity index (χ2n) is 6.55. The lowest BCUT2D eigenvalue weighted by Crippen LogP contribution is -2.13. The molecule has 0 spiro atoms. The van der Waals surface area contributed by atoms with E-state index in [1.54, 1.807) is 12.1 Å². The predicted molar refractivity (Wildman–Crippen MR) is 119 cm³/mol. The Morgan fingerprint density at radius 1 is 1.06 bits per heavy atom. The maximum atomic E-state index is 12.7. The molecule has 0 amide bonds. The largest absolute Gasteiger partial charge is 0.497 e. The van der Waals surface area contributed by atoms with Crippen LogP contribution in [-0.2, 0) is 10.0 Å². The molecule has 0 aromatic heterocycles. The van der Waals surface area contributed by atoms with Gasteiger partial charge in [-0.05, 0) is 48.9 Å². The van der Waals surface area contributed by atoms with Crippen LogP contribution in [-0.4, -0.2) is 26.7 Å². The zero-order valence-electron chi connectivity index (χ0n) is 16.8. The van der Waals surface area contributed by atoms with E-state index in [4.69, 9.17) is 4.74 Å². The molecule has 2 N–H and O–H groups in total. The molecular weight excluding hydrogens is 420 g/mol. The molecule has 0 fully saturated rings. The number of anilines is 2. The Morgan fingerprint density at radius 2 is 1.81 bits per heavy atom. The maximum Gasteiger partial charge on any atom is 0.295 e. The zero-order valence-corrected chi connectivity index (χ0v) is 17.6. The highest BCUT2D eigenvalue weighted by atomic mass is 32.2. The molecule has 3 aromatic rings. The van der Waals surface area contributed by atoms with Crippen LogP contribution in [0.25, 0.3) is 0 Å². The van der Waals surface area contributed by atoms with Crippen molar-refractivity contribution in [3.63, 3.8) is 0 Å². The summed E-state index contributed by atoms with van der Waals surface area (Å²) in [6.45, 7) is 1.94. The number of nitrogens with one attached hydrogen (secondary N) is 2. The highest BCUT2D eigenvalue weighted by molar-refractivity contribution is 7.92. The van der Waals surface area contributed by atoms with Crippen molar-refractivity contribution in [3.8, 4) is 5.75 Å². The molecule has 0 aliphatic carbocycles. The van der Waals surface area contributed by atoms with E-state index in [-0.39, 0.29) is 10.6 Å². The smallest absolute Gasteiger partial charge is 0.295 e. The van der Waals surface area contributed by atoms with Crippen LogP contribution < -0.4 is 14.9 Å². The van der Waals surface area contributed by atoms with Crippen LogP contribution in [0, 0.1) is 17.0 Å². The van der Waals surface area contributed by atoms with Crippen LogP contribution in [0.3, 0.4) is 0 Å². The third kappa shape index (κ3) is 5.58. The number of benzene rings is 3. The second-order valence-corrected chi connectivity index (χ2v) is 8.24. The van der Waals surface area contributed by atoms with E-state index in [1.807, 2.05) is 31.2 Å². The summed E-state index contributed by atoms with van der Waals surface area (Å²) in [7, 11) is -2.54. The fourth-order valence-corrected chi connectivity index (χ4v) is 3.80. The van der Waals surface area contributed by atoms with Gasteiger partial charge in [-0.2, -0.15) is 5.10 Å². The van der Waals surface area contributed by atoms with E-state index in [2.05, 4.69) is 15.2 Å². The number of nitro benzene ring substituents is 1. The van der Waals surface area contributed by atoms with Crippen molar-refractivity contribution in [1.82, 2.24) is 0 Å². The third-order valence-electron chi connectivity index (χ3n) is 4.26. The van der Waals surface area contributed by atoms with E-state index in [0.717, 1.165) is 17.2 Å². The van der Waals surface area contributed by atoms with Crippen molar-refractivity contribution in [2.75, 3.05) is 17.3 Å². The number of rotatable bonds is 8. The van der Waals surface area contributed by atoms with Gasteiger partial charge in [-0.3, -0.25) is 20.3 Å². The molecule has 0 aliphatic rings. The monoisotopic (exact) mass is 440 g/mol. The van der Waals surface area contributed by atoms with Crippen molar-refractivity contribution in [2.45, 2.75) is 11.8 Å². The molecule has 0 unspecified atom stereocenters. The van der Waals surface area contributed by atoms with Gasteiger partial charge in [-0.25, -0.2) is 8.42 Å². The van der Waals surface area contributed by atoms with Gasteiger partial charge in [-0.1, -0.05) is 29.8 Å². The van der Waals surface area contributed by atoms with Gasteiger partial charge in [0.1, 0.15) is 11.4 Å². The number of hydrazone groups is 1. The van der Waals surface area contributed by atoms with Crippen LogP contribution in [0.15, 0.2) is 76.7 Å². The van der Waals surface area contributed by atoms with Gasteiger partial charge in [0.2, 0.25) is 0 Å². The maximum absolute atomic E-state index is 12.7. The van der Waals surface area contributed by atoms with E-state index in [0.29, 0.717) is 11.4 Å². The van der Waals surface area contributed by atoms with E-state index in [1.165, 1.54) is 37.6 Å². The van der Waals surface area contributed by atoms with Gasteiger partial charge in [-0.15, -0.1) is 0 Å². The molecule has 3 aromatic carbocycles. The third-order valence-corrected chi connectivity index (χ3v) is 5.64. The van der Waals surface area contributed by atoms with Crippen molar-refractivity contribution in [3.05, 3.63) is 88.0 Å². The van der Waals surface area contributed by atoms with Gasteiger partial charge in [0.25, 0.3) is 15.7 Å². The van der Waals surface area contributed by atoms with Crippen molar-refractivity contribution in [2.24, 2.45) is 5.10 Å². The average molecular weight is 440 g/mol. The summed E-state index contributed by atoms with van der Waals surface area (Å²) in [4.78, 5) is 10.6. The Bertz CT molecular complexity index is 1220. The molecule has 3 rings (SSSR count). The van der Waals surface area contributed by atoms with Crippen LogP contribution in [0.5, 0.6) is 5.75 Å². The molecular formula is C21H20N4O5S. The second kappa shape index (κ2) is 9.26. The van der Waals surface area contributed by atoms with Gasteiger partial charge in [0.15, 0.2) is 0 Å². The topological polar surface area (TPSA) is 123 Å². The fourth-order valence-electron chi connectivity index (χ4n) is 2.72. The molecule has 10 heteroatoms. The Kier molecular flexibility index (Phi) is 6.51. The summed E-state index contributed by atoms with van der Waals surface area (Å²) >= 11 is 0. The first-order valence-corrected chi connectivity index (χ1v) is 10.6. The van der Waals surface area contributed by atoms with Gasteiger partial charge >= 0.3 is 0 Å². The molecule has 0 saturated carbocycles. The molecule has 0 saturated heterocycles. The first-order chi connectivity index (χ1) is 14.8. The number of methoxy groups -OCH3 is 1. The Morgan fingerprint density at radius 3 is 2.45 bits per heavy atom. The van der Waals surface area contributed by atoms with Crippen LogP contribution in [0.4, 0.5) is 17.1 Å². The molecule has 0 radical (unpaired) electrons. The van der Waals surface area contributed by atoms with E-state index < -0.39 is 20.6 Å². The molecule has 0 bridgehead atoms. The zero-order chi connectivity index (χ0) is 22.4. The highest BCUT2D eigenvalue weighted by Gasteiger charge is 2.21. The summed E-state index contributed by atoms with van der Waals surface area (Å²) in [6, 6.07) is 17.4. The number of hydrogen-bond donors (Lipinski definition) is 2. The minimum absolute atomic E-state index is 0.0669. The molecule has 0 atom stereocenters. The summed E-state index contributed by atoms with van der Waals surface area (Å²) in [6.07, 6.45) is 1.52. The minimum atomic E-state index is -4.04. The van der Waals surface area contributed by atoms with Crippen molar-refractivity contribution >= 4 is 33.3 Å². The number of sulfonamides is 1. The van der Waals surface area contributed by atoms with Crippen molar-refractivity contribution in [1.29, 1.82) is 0 Å². The number of nitro groups is 1. The SMILES string of the molecule is COc1ccc(NS(=O)(=O)c2ccc(NN=Cc3cccc(C)c3)c([N+](=O)[O-])c2)cc1. The lowest BCUT2D eigenvalue weighted by atomic mass is 10.2. The van der Waals surface area contributed by atoms with Crippen LogP contribution in [0.2, 0.25) is 0 Å². The van der Waals surface area contributed by atoms with E-state index >= 15 is 0 Å². The number of ether oxygens (including phenoxy) is 1. The van der Waals surface area contributed by atoms with Crippen molar-refractivity contribution < 1.29 is 18.1 Å². The Labute approximate surface area is 179 Å². The highest BCUT2D eigenvalue weighted by Crippen LogP contribution is 2.29. The molecule has 0 heterocycles. The molecule has 0 aliphatic heterocycles. The van der Waals surface area contributed by atoms with Gasteiger partial charge in [0.05, 0.1) is 23.1 Å². The predicted octanol–water partition coefficient (Wildman–Crippen LogP) is 4.16. The summed E-state index contributed by atoms with van der Waals surface area (Å²) in [5.41, 5.74) is 4.42.